The molecule has 6 heteroatoms. The van der Waals surface area contributed by atoms with Crippen molar-refractivity contribution in [2.75, 3.05) is 6.54 Å². The fraction of sp³-hybridized carbons (Fsp3) is 0.174. The summed E-state index contributed by atoms with van der Waals surface area (Å²) in [4.78, 5) is 39.8. The number of benzene rings is 2. The van der Waals surface area contributed by atoms with Gasteiger partial charge in [0, 0.05) is 28.2 Å². The van der Waals surface area contributed by atoms with Crippen molar-refractivity contribution >= 4 is 34.6 Å². The standard InChI is InChI=1S/C23H22N2O4/c1-15-22(18-10-6-7-11-19(18)25-15)23(28)16(2)29-21(27)14-24-20(26)13-12-17-8-4-3-5-9-17/h3-13,16,25H,14H2,1-2H3,(H,24,26)/b13-12+/t16-/m1/s1. The van der Waals surface area contributed by atoms with Crippen LogP contribution in [0.15, 0.2) is 60.7 Å². The Bertz CT molecular complexity index is 1070. The predicted molar refractivity (Wildman–Crippen MR) is 111 cm³/mol. The number of aromatic nitrogens is 1. The van der Waals surface area contributed by atoms with Gasteiger partial charge in [0.1, 0.15) is 6.54 Å². The van der Waals surface area contributed by atoms with Gasteiger partial charge in [0.2, 0.25) is 11.7 Å². The Labute approximate surface area is 168 Å². The Balaban J connectivity index is 1.55. The molecule has 1 atom stereocenters. The minimum Gasteiger partial charge on any atom is -0.453 e. The number of amides is 1. The molecule has 3 aromatic rings. The fourth-order valence-corrected chi connectivity index (χ4v) is 3.04. The number of fused-ring (bicyclic) bond motifs is 1. The molecule has 2 N–H and O–H groups in total. The molecule has 0 aliphatic rings. The van der Waals surface area contributed by atoms with Crippen LogP contribution >= 0.6 is 0 Å². The molecule has 0 bridgehead atoms. The van der Waals surface area contributed by atoms with Crippen LogP contribution in [0.25, 0.3) is 17.0 Å². The molecule has 0 spiro atoms. The summed E-state index contributed by atoms with van der Waals surface area (Å²) in [5.74, 6) is -1.38. The maximum Gasteiger partial charge on any atom is 0.326 e. The Morgan fingerprint density at radius 3 is 2.52 bits per heavy atom. The molecule has 0 unspecified atom stereocenters. The van der Waals surface area contributed by atoms with Gasteiger partial charge in [-0.2, -0.15) is 0 Å². The van der Waals surface area contributed by atoms with Crippen LogP contribution in [0.5, 0.6) is 0 Å². The molecule has 0 aliphatic carbocycles. The van der Waals surface area contributed by atoms with Crippen molar-refractivity contribution < 1.29 is 19.1 Å². The number of carbonyl (C=O) groups is 3. The van der Waals surface area contributed by atoms with E-state index < -0.39 is 18.0 Å². The number of hydrogen-bond acceptors (Lipinski definition) is 4. The number of esters is 1. The fourth-order valence-electron chi connectivity index (χ4n) is 3.04. The Hall–Kier alpha value is -3.67. The summed E-state index contributed by atoms with van der Waals surface area (Å²) in [6.07, 6.45) is 2.02. The van der Waals surface area contributed by atoms with Gasteiger partial charge in [0.25, 0.3) is 0 Å². The topological polar surface area (TPSA) is 88.3 Å². The van der Waals surface area contributed by atoms with Gasteiger partial charge in [-0.05, 0) is 31.6 Å². The highest BCUT2D eigenvalue weighted by Gasteiger charge is 2.24. The van der Waals surface area contributed by atoms with E-state index in [9.17, 15) is 14.4 Å². The first kappa shape index (κ1) is 20.1. The van der Waals surface area contributed by atoms with Crippen molar-refractivity contribution in [3.8, 4) is 0 Å². The summed E-state index contributed by atoms with van der Waals surface area (Å²) >= 11 is 0. The van der Waals surface area contributed by atoms with Crippen molar-refractivity contribution in [3.05, 3.63) is 77.5 Å². The first-order chi connectivity index (χ1) is 14.0. The van der Waals surface area contributed by atoms with Crippen LogP contribution in [0.1, 0.15) is 28.5 Å². The number of nitrogens with one attached hydrogen (secondary N) is 2. The van der Waals surface area contributed by atoms with Gasteiger partial charge >= 0.3 is 5.97 Å². The summed E-state index contributed by atoms with van der Waals surface area (Å²) in [5.41, 5.74) is 2.96. The number of H-pyrrole nitrogens is 1. The molecule has 2 aromatic carbocycles. The maximum atomic E-state index is 12.8. The highest BCUT2D eigenvalue weighted by atomic mass is 16.5. The first-order valence-corrected chi connectivity index (χ1v) is 9.27. The monoisotopic (exact) mass is 390 g/mol. The number of Topliss-reactive ketones (excluding diaryl/α,β-unsaturated/α-hetero) is 1. The van der Waals surface area contributed by atoms with E-state index >= 15 is 0 Å². The van der Waals surface area contributed by atoms with Crippen LogP contribution in [-0.2, 0) is 14.3 Å². The van der Waals surface area contributed by atoms with Gasteiger partial charge in [0.05, 0.1) is 0 Å². The Morgan fingerprint density at radius 2 is 1.76 bits per heavy atom. The second kappa shape index (κ2) is 9.01. The Kier molecular flexibility index (Phi) is 6.24. The second-order valence-corrected chi connectivity index (χ2v) is 6.63. The Morgan fingerprint density at radius 1 is 1.07 bits per heavy atom. The molecule has 1 amide bonds. The van der Waals surface area contributed by atoms with E-state index in [1.54, 1.807) is 13.0 Å². The molecule has 6 nitrogen and oxygen atoms in total. The molecule has 0 saturated carbocycles. The summed E-state index contributed by atoms with van der Waals surface area (Å²) < 4.78 is 5.21. The van der Waals surface area contributed by atoms with Crippen molar-refractivity contribution in [1.29, 1.82) is 0 Å². The van der Waals surface area contributed by atoms with Gasteiger partial charge < -0.3 is 15.0 Å². The number of ether oxygens (including phenoxy) is 1. The summed E-state index contributed by atoms with van der Waals surface area (Å²) in [6.45, 7) is 3.02. The minimum atomic E-state index is -0.961. The van der Waals surface area contributed by atoms with Crippen LogP contribution in [0.3, 0.4) is 0 Å². The van der Waals surface area contributed by atoms with Crippen molar-refractivity contribution in [2.45, 2.75) is 20.0 Å². The summed E-state index contributed by atoms with van der Waals surface area (Å²) in [6, 6.07) is 16.8. The zero-order chi connectivity index (χ0) is 20.8. The average Bonchev–Trinajstić information content (AvgIpc) is 3.06. The SMILES string of the molecule is Cc1[nH]c2ccccc2c1C(=O)[C@@H](C)OC(=O)CNC(=O)/C=C/c1ccccc1. The normalized spacial score (nSPS) is 12.1. The van der Waals surface area contributed by atoms with Crippen LogP contribution in [0.4, 0.5) is 0 Å². The molecule has 0 fully saturated rings. The highest BCUT2D eigenvalue weighted by Crippen LogP contribution is 2.23. The number of ketones is 1. The van der Waals surface area contributed by atoms with E-state index in [0.717, 1.165) is 22.2 Å². The largest absolute Gasteiger partial charge is 0.453 e. The van der Waals surface area contributed by atoms with E-state index in [0.29, 0.717) is 5.56 Å². The number of aromatic amines is 1. The summed E-state index contributed by atoms with van der Waals surface area (Å²) in [5, 5.41) is 3.24. The van der Waals surface area contributed by atoms with Gasteiger partial charge in [-0.15, -0.1) is 0 Å². The third-order valence-corrected chi connectivity index (χ3v) is 4.45. The zero-order valence-corrected chi connectivity index (χ0v) is 16.3. The number of rotatable bonds is 7. The van der Waals surface area contributed by atoms with Gasteiger partial charge in [-0.1, -0.05) is 48.5 Å². The van der Waals surface area contributed by atoms with Crippen LogP contribution < -0.4 is 5.32 Å². The molecule has 148 valence electrons. The first-order valence-electron chi connectivity index (χ1n) is 9.27. The molecular formula is C23H22N2O4. The third-order valence-electron chi connectivity index (χ3n) is 4.45. The van der Waals surface area contributed by atoms with E-state index in [2.05, 4.69) is 10.3 Å². The lowest BCUT2D eigenvalue weighted by Gasteiger charge is -2.12. The van der Waals surface area contributed by atoms with Crippen LogP contribution in [-0.4, -0.2) is 35.3 Å². The van der Waals surface area contributed by atoms with Crippen molar-refractivity contribution in [1.82, 2.24) is 10.3 Å². The average molecular weight is 390 g/mol. The van der Waals surface area contributed by atoms with Crippen molar-refractivity contribution in [2.24, 2.45) is 0 Å². The van der Waals surface area contributed by atoms with Crippen molar-refractivity contribution in [3.63, 3.8) is 0 Å². The van der Waals surface area contributed by atoms with E-state index in [1.807, 2.05) is 54.6 Å². The number of hydrogen-bond donors (Lipinski definition) is 2. The highest BCUT2D eigenvalue weighted by molar-refractivity contribution is 6.11. The lowest BCUT2D eigenvalue weighted by Crippen LogP contribution is -2.33. The lowest BCUT2D eigenvalue weighted by atomic mass is 10.0. The molecule has 0 radical (unpaired) electrons. The minimum absolute atomic E-state index is 0.288. The van der Waals surface area contributed by atoms with E-state index in [1.165, 1.54) is 13.0 Å². The van der Waals surface area contributed by atoms with Gasteiger partial charge in [0.15, 0.2) is 6.10 Å². The van der Waals surface area contributed by atoms with Crippen LogP contribution in [0, 0.1) is 6.92 Å². The molecule has 0 saturated heterocycles. The molecule has 0 aliphatic heterocycles. The van der Waals surface area contributed by atoms with Gasteiger partial charge in [-0.25, -0.2) is 0 Å². The van der Waals surface area contributed by atoms with E-state index in [-0.39, 0.29) is 12.3 Å². The zero-order valence-electron chi connectivity index (χ0n) is 16.3. The number of aryl methyl sites for hydroxylation is 1. The third kappa shape index (κ3) is 4.99. The smallest absolute Gasteiger partial charge is 0.326 e. The molecule has 29 heavy (non-hydrogen) atoms. The van der Waals surface area contributed by atoms with E-state index in [4.69, 9.17) is 4.74 Å². The molecule has 1 heterocycles. The molecule has 3 rings (SSSR count). The predicted octanol–water partition coefficient (Wildman–Crippen LogP) is 3.42. The molecular weight excluding hydrogens is 368 g/mol. The number of carbonyl (C=O) groups excluding carboxylic acids is 3. The lowest BCUT2D eigenvalue weighted by molar-refractivity contribution is -0.146. The van der Waals surface area contributed by atoms with Gasteiger partial charge in [-0.3, -0.25) is 14.4 Å². The van der Waals surface area contributed by atoms with Crippen LogP contribution in [0.2, 0.25) is 0 Å². The maximum absolute atomic E-state index is 12.8. The quantitative estimate of drug-likeness (QED) is 0.368. The number of para-hydroxylation sites is 1. The second-order valence-electron chi connectivity index (χ2n) is 6.63. The molecule has 1 aromatic heterocycles. The summed E-state index contributed by atoms with van der Waals surface area (Å²) in [7, 11) is 0.